The quantitative estimate of drug-likeness (QED) is 0.215. The van der Waals surface area contributed by atoms with Gasteiger partial charge in [0.15, 0.2) is 23.2 Å². The fourth-order valence-electron chi connectivity index (χ4n) is 5.82. The highest BCUT2D eigenvalue weighted by molar-refractivity contribution is 5.91. The zero-order valence-corrected chi connectivity index (χ0v) is 22.8. The van der Waals surface area contributed by atoms with E-state index in [1.807, 2.05) is 72.8 Å². The molecule has 0 aliphatic heterocycles. The van der Waals surface area contributed by atoms with Gasteiger partial charge in [-0.25, -0.2) is 19.8 Å². The average Bonchev–Trinajstić information content (AvgIpc) is 3.27. The molecule has 41 heavy (non-hydrogen) atoms. The summed E-state index contributed by atoms with van der Waals surface area (Å²) in [5, 5.41) is 0. The van der Waals surface area contributed by atoms with Gasteiger partial charge in [0.1, 0.15) is 0 Å². The van der Waals surface area contributed by atoms with Crippen LogP contribution in [0, 0.1) is 6.57 Å². The van der Waals surface area contributed by atoms with Crippen LogP contribution in [0.2, 0.25) is 0 Å². The smallest absolute Gasteiger partial charge is 0.195 e. The fourth-order valence-corrected chi connectivity index (χ4v) is 5.82. The van der Waals surface area contributed by atoms with Gasteiger partial charge in [0.25, 0.3) is 0 Å². The van der Waals surface area contributed by atoms with Crippen molar-refractivity contribution in [2.24, 2.45) is 0 Å². The van der Waals surface area contributed by atoms with Crippen LogP contribution in [0.15, 0.2) is 121 Å². The van der Waals surface area contributed by atoms with E-state index in [9.17, 15) is 0 Å². The molecule has 1 aromatic heterocycles. The van der Waals surface area contributed by atoms with Crippen molar-refractivity contribution in [3.63, 3.8) is 0 Å². The Bertz CT molecular complexity index is 1910. The Kier molecular flexibility index (Phi) is 5.80. The fraction of sp³-hybridized carbons (Fsp3) is 0.0811. The van der Waals surface area contributed by atoms with Crippen molar-refractivity contribution >= 4 is 5.69 Å². The summed E-state index contributed by atoms with van der Waals surface area (Å²) in [6.07, 6.45) is 0. The Hall–Kier alpha value is -5.40. The molecule has 1 aliphatic rings. The molecular formula is C37H26N4. The van der Waals surface area contributed by atoms with Gasteiger partial charge in [-0.3, -0.25) is 0 Å². The molecule has 0 saturated carbocycles. The lowest BCUT2D eigenvalue weighted by Gasteiger charge is -2.22. The summed E-state index contributed by atoms with van der Waals surface area (Å²) in [6, 6.07) is 41.1. The third-order valence-electron chi connectivity index (χ3n) is 7.95. The third kappa shape index (κ3) is 4.20. The van der Waals surface area contributed by atoms with Gasteiger partial charge >= 0.3 is 0 Å². The molecule has 1 aliphatic carbocycles. The number of hydrogen-bond acceptors (Lipinski definition) is 3. The van der Waals surface area contributed by atoms with E-state index in [-0.39, 0.29) is 5.41 Å². The number of rotatable bonds is 4. The van der Waals surface area contributed by atoms with Crippen LogP contribution >= 0.6 is 0 Å². The van der Waals surface area contributed by atoms with Crippen molar-refractivity contribution in [2.45, 2.75) is 19.3 Å². The summed E-state index contributed by atoms with van der Waals surface area (Å²) in [4.78, 5) is 18.5. The average molecular weight is 527 g/mol. The standard InChI is InChI=1S/C37H26N4/c1-37(2)30-18-11-19-32(38-3)33(30)29-21-20-27(23-31(29)37)26-16-10-17-28(22-26)36-40-34(24-12-6-4-7-13-24)39-35(41-36)25-14-8-5-9-15-25/h4-23H,1-2H3. The molecule has 0 spiro atoms. The second-order valence-electron chi connectivity index (χ2n) is 10.8. The molecule has 0 fully saturated rings. The minimum Gasteiger partial charge on any atom is -0.238 e. The zero-order valence-electron chi connectivity index (χ0n) is 22.8. The predicted molar refractivity (Wildman–Crippen MR) is 165 cm³/mol. The maximum atomic E-state index is 7.71. The van der Waals surface area contributed by atoms with Crippen LogP contribution in [0.4, 0.5) is 5.69 Å². The molecule has 1 heterocycles. The molecule has 0 N–H and O–H groups in total. The van der Waals surface area contributed by atoms with Crippen molar-refractivity contribution in [3.05, 3.63) is 144 Å². The van der Waals surface area contributed by atoms with Crippen LogP contribution < -0.4 is 0 Å². The first kappa shape index (κ1) is 24.6. The summed E-state index contributed by atoms with van der Waals surface area (Å²) in [6.45, 7) is 12.2. The van der Waals surface area contributed by atoms with Crippen LogP contribution in [0.3, 0.4) is 0 Å². The molecular weight excluding hydrogens is 500 g/mol. The molecule has 4 nitrogen and oxygen atoms in total. The van der Waals surface area contributed by atoms with E-state index in [4.69, 9.17) is 21.5 Å². The van der Waals surface area contributed by atoms with Gasteiger partial charge in [-0.2, -0.15) is 0 Å². The van der Waals surface area contributed by atoms with Gasteiger partial charge in [-0.15, -0.1) is 0 Å². The number of nitrogens with zero attached hydrogens (tertiary/aromatic N) is 4. The van der Waals surface area contributed by atoms with E-state index in [1.165, 1.54) is 11.1 Å². The minimum atomic E-state index is -0.192. The number of aromatic nitrogens is 3. The first-order chi connectivity index (χ1) is 20.0. The van der Waals surface area contributed by atoms with Crippen molar-refractivity contribution in [3.8, 4) is 56.4 Å². The predicted octanol–water partition coefficient (Wildman–Crippen LogP) is 9.40. The molecule has 0 unspecified atom stereocenters. The van der Waals surface area contributed by atoms with E-state index in [2.05, 4.69) is 67.2 Å². The van der Waals surface area contributed by atoms with Gasteiger partial charge in [-0.05, 0) is 45.5 Å². The maximum absolute atomic E-state index is 7.71. The molecule has 4 heteroatoms. The van der Waals surface area contributed by atoms with Crippen LogP contribution in [0.5, 0.6) is 0 Å². The molecule has 0 amide bonds. The van der Waals surface area contributed by atoms with Crippen LogP contribution in [0.1, 0.15) is 25.0 Å². The molecule has 194 valence electrons. The van der Waals surface area contributed by atoms with E-state index in [1.54, 1.807) is 0 Å². The summed E-state index contributed by atoms with van der Waals surface area (Å²) in [5.41, 5.74) is 10.2. The lowest BCUT2D eigenvalue weighted by atomic mass is 9.81. The summed E-state index contributed by atoms with van der Waals surface area (Å²) >= 11 is 0. The topological polar surface area (TPSA) is 43.0 Å². The summed E-state index contributed by atoms with van der Waals surface area (Å²) in [5.74, 6) is 1.93. The van der Waals surface area contributed by atoms with Crippen LogP contribution in [-0.4, -0.2) is 15.0 Å². The van der Waals surface area contributed by atoms with Gasteiger partial charge in [-0.1, -0.05) is 123 Å². The highest BCUT2D eigenvalue weighted by atomic mass is 15.0. The first-order valence-corrected chi connectivity index (χ1v) is 13.7. The molecule has 0 bridgehead atoms. The van der Waals surface area contributed by atoms with Crippen molar-refractivity contribution < 1.29 is 0 Å². The maximum Gasteiger partial charge on any atom is 0.195 e. The van der Waals surface area contributed by atoms with Gasteiger partial charge in [0.2, 0.25) is 0 Å². The number of fused-ring (bicyclic) bond motifs is 3. The van der Waals surface area contributed by atoms with E-state index >= 15 is 0 Å². The van der Waals surface area contributed by atoms with E-state index < -0.39 is 0 Å². The molecule has 6 aromatic rings. The van der Waals surface area contributed by atoms with Gasteiger partial charge in [0.05, 0.1) is 6.57 Å². The molecule has 0 atom stereocenters. The van der Waals surface area contributed by atoms with Gasteiger partial charge in [0, 0.05) is 22.1 Å². The Balaban J connectivity index is 1.34. The Morgan fingerprint density at radius 2 is 1.05 bits per heavy atom. The Labute approximate surface area is 239 Å². The monoisotopic (exact) mass is 526 g/mol. The van der Waals surface area contributed by atoms with Crippen molar-refractivity contribution in [2.75, 3.05) is 0 Å². The first-order valence-electron chi connectivity index (χ1n) is 13.7. The Morgan fingerprint density at radius 1 is 0.512 bits per heavy atom. The van der Waals surface area contributed by atoms with Crippen molar-refractivity contribution in [1.82, 2.24) is 15.0 Å². The SMILES string of the molecule is [C-]#[N+]c1cccc2c1-c1ccc(-c3cccc(-c4nc(-c5ccccc5)nc(-c5ccccc5)n4)c3)cc1C2(C)C. The third-order valence-corrected chi connectivity index (χ3v) is 7.95. The summed E-state index contributed by atoms with van der Waals surface area (Å²) in [7, 11) is 0. The van der Waals surface area contributed by atoms with Gasteiger partial charge < -0.3 is 0 Å². The molecule has 0 saturated heterocycles. The van der Waals surface area contributed by atoms with E-state index in [0.29, 0.717) is 23.2 Å². The minimum absolute atomic E-state index is 0.192. The second-order valence-corrected chi connectivity index (χ2v) is 10.8. The number of hydrogen-bond donors (Lipinski definition) is 0. The normalized spacial score (nSPS) is 12.8. The van der Waals surface area contributed by atoms with Crippen LogP contribution in [0.25, 0.3) is 61.3 Å². The van der Waals surface area contributed by atoms with Crippen LogP contribution in [-0.2, 0) is 5.41 Å². The lowest BCUT2D eigenvalue weighted by molar-refractivity contribution is 0.661. The number of benzene rings is 5. The lowest BCUT2D eigenvalue weighted by Crippen LogP contribution is -2.14. The van der Waals surface area contributed by atoms with Crippen molar-refractivity contribution in [1.29, 1.82) is 0 Å². The largest absolute Gasteiger partial charge is 0.238 e. The molecule has 7 rings (SSSR count). The molecule has 5 aromatic carbocycles. The summed E-state index contributed by atoms with van der Waals surface area (Å²) < 4.78 is 0. The van der Waals surface area contributed by atoms with E-state index in [0.717, 1.165) is 38.9 Å². The second kappa shape index (κ2) is 9.66. The Morgan fingerprint density at radius 3 is 1.68 bits per heavy atom. The molecule has 0 radical (unpaired) electrons. The highest BCUT2D eigenvalue weighted by Crippen LogP contribution is 2.53. The zero-order chi connectivity index (χ0) is 28.0. The highest BCUT2D eigenvalue weighted by Gasteiger charge is 2.36.